The van der Waals surface area contributed by atoms with Gasteiger partial charge in [0, 0.05) is 10.7 Å². The molecule has 1 fully saturated rings. The maximum Gasteiger partial charge on any atom is 0.135 e. The van der Waals surface area contributed by atoms with Gasteiger partial charge in [0.15, 0.2) is 0 Å². The minimum Gasteiger partial charge on any atom is -0.360 e. The highest BCUT2D eigenvalue weighted by molar-refractivity contribution is 6.30. The SMILES string of the molecule is Fc1cccc(F)c1C[NH+]1CCN(c2ccc(Cl)cc2)CC1. The van der Waals surface area contributed by atoms with E-state index < -0.39 is 11.6 Å². The summed E-state index contributed by atoms with van der Waals surface area (Å²) in [6.07, 6.45) is 0. The predicted molar refractivity (Wildman–Crippen MR) is 84.4 cm³/mol. The van der Waals surface area contributed by atoms with Gasteiger partial charge >= 0.3 is 0 Å². The molecule has 0 saturated carbocycles. The van der Waals surface area contributed by atoms with E-state index in [2.05, 4.69) is 4.90 Å². The molecule has 1 aliphatic heterocycles. The van der Waals surface area contributed by atoms with Crippen LogP contribution in [0.4, 0.5) is 14.5 Å². The van der Waals surface area contributed by atoms with Crippen LogP contribution in [-0.4, -0.2) is 26.2 Å². The summed E-state index contributed by atoms with van der Waals surface area (Å²) in [4.78, 5) is 3.48. The number of hydrogen-bond acceptors (Lipinski definition) is 1. The van der Waals surface area contributed by atoms with Gasteiger partial charge in [-0.3, -0.25) is 0 Å². The van der Waals surface area contributed by atoms with Crippen LogP contribution in [0.25, 0.3) is 0 Å². The molecular weight excluding hydrogens is 306 g/mol. The van der Waals surface area contributed by atoms with E-state index >= 15 is 0 Å². The Hall–Kier alpha value is -1.65. The Bertz CT molecular complexity index is 617. The summed E-state index contributed by atoms with van der Waals surface area (Å²) < 4.78 is 27.4. The first-order valence-electron chi connectivity index (χ1n) is 7.40. The molecule has 0 radical (unpaired) electrons. The van der Waals surface area contributed by atoms with Gasteiger partial charge in [-0.25, -0.2) is 8.78 Å². The predicted octanol–water partition coefficient (Wildman–Crippen LogP) is 2.52. The number of quaternary nitrogens is 1. The highest BCUT2D eigenvalue weighted by atomic mass is 35.5. The number of benzene rings is 2. The highest BCUT2D eigenvalue weighted by Crippen LogP contribution is 2.18. The molecule has 1 heterocycles. The molecule has 2 aromatic rings. The van der Waals surface area contributed by atoms with Gasteiger partial charge in [0.1, 0.15) is 18.2 Å². The second-order valence-electron chi connectivity index (χ2n) is 5.59. The minimum absolute atomic E-state index is 0.192. The number of rotatable bonds is 3. The van der Waals surface area contributed by atoms with Crippen LogP contribution in [0.3, 0.4) is 0 Å². The second-order valence-corrected chi connectivity index (χ2v) is 6.03. The Balaban J connectivity index is 1.61. The summed E-state index contributed by atoms with van der Waals surface area (Å²) in [7, 11) is 0. The lowest BCUT2D eigenvalue weighted by molar-refractivity contribution is -0.914. The van der Waals surface area contributed by atoms with E-state index in [1.807, 2.05) is 24.3 Å². The van der Waals surface area contributed by atoms with E-state index in [1.165, 1.54) is 23.1 Å². The zero-order valence-corrected chi connectivity index (χ0v) is 12.9. The Labute approximate surface area is 133 Å². The van der Waals surface area contributed by atoms with Crippen LogP contribution in [0.2, 0.25) is 5.02 Å². The van der Waals surface area contributed by atoms with Crippen molar-refractivity contribution < 1.29 is 13.7 Å². The Morgan fingerprint density at radius 1 is 0.955 bits per heavy atom. The van der Waals surface area contributed by atoms with Crippen molar-refractivity contribution >= 4 is 17.3 Å². The monoisotopic (exact) mass is 323 g/mol. The zero-order valence-electron chi connectivity index (χ0n) is 12.2. The molecule has 0 spiro atoms. The standard InChI is InChI=1S/C17H17ClF2N2/c18-13-4-6-14(7-5-13)22-10-8-21(9-11-22)12-15-16(19)2-1-3-17(15)20/h1-7H,8-12H2/p+1. The van der Waals surface area contributed by atoms with Crippen molar-refractivity contribution in [2.45, 2.75) is 6.54 Å². The molecule has 5 heteroatoms. The molecule has 0 unspecified atom stereocenters. The molecule has 2 aromatic carbocycles. The molecule has 0 amide bonds. The van der Waals surface area contributed by atoms with E-state index in [0.717, 1.165) is 36.9 Å². The van der Waals surface area contributed by atoms with E-state index in [9.17, 15) is 8.78 Å². The van der Waals surface area contributed by atoms with Crippen molar-refractivity contribution in [3.63, 3.8) is 0 Å². The third-order valence-corrected chi connectivity index (χ3v) is 4.40. The fourth-order valence-corrected chi connectivity index (χ4v) is 2.99. The number of anilines is 1. The van der Waals surface area contributed by atoms with E-state index in [0.29, 0.717) is 6.54 Å². The first-order chi connectivity index (χ1) is 10.6. The van der Waals surface area contributed by atoms with Crippen LogP contribution in [-0.2, 0) is 6.54 Å². The second kappa shape index (κ2) is 6.63. The molecule has 1 saturated heterocycles. The van der Waals surface area contributed by atoms with Gasteiger partial charge in [0.25, 0.3) is 0 Å². The Morgan fingerprint density at radius 2 is 1.55 bits per heavy atom. The average Bonchev–Trinajstić information content (AvgIpc) is 2.53. The topological polar surface area (TPSA) is 7.68 Å². The van der Waals surface area contributed by atoms with Crippen molar-refractivity contribution in [2.75, 3.05) is 31.1 Å². The number of nitrogens with zero attached hydrogens (tertiary/aromatic N) is 1. The Morgan fingerprint density at radius 3 is 2.14 bits per heavy atom. The summed E-state index contributed by atoms with van der Waals surface area (Å²) in [5.74, 6) is -0.903. The van der Waals surface area contributed by atoms with Gasteiger partial charge in [0.2, 0.25) is 0 Å². The lowest BCUT2D eigenvalue weighted by Crippen LogP contribution is -3.13. The summed E-state index contributed by atoms with van der Waals surface area (Å²) in [6.45, 7) is 3.85. The molecule has 0 aliphatic carbocycles. The fraction of sp³-hybridized carbons (Fsp3) is 0.294. The highest BCUT2D eigenvalue weighted by Gasteiger charge is 2.22. The molecular formula is C17H18ClF2N2+. The number of hydrogen-bond donors (Lipinski definition) is 1. The van der Waals surface area contributed by atoms with Gasteiger partial charge < -0.3 is 9.80 Å². The van der Waals surface area contributed by atoms with Crippen LogP contribution < -0.4 is 9.80 Å². The first kappa shape index (κ1) is 15.3. The third kappa shape index (κ3) is 3.39. The van der Waals surface area contributed by atoms with Crippen LogP contribution in [0, 0.1) is 11.6 Å². The van der Waals surface area contributed by atoms with Gasteiger partial charge in [-0.1, -0.05) is 17.7 Å². The molecule has 1 N–H and O–H groups in total. The van der Waals surface area contributed by atoms with Crippen molar-refractivity contribution in [2.24, 2.45) is 0 Å². The van der Waals surface area contributed by atoms with Gasteiger partial charge in [0.05, 0.1) is 31.7 Å². The summed E-state index contributed by atoms with van der Waals surface area (Å²) in [5, 5.41) is 0.725. The van der Waals surface area contributed by atoms with E-state index in [1.54, 1.807) is 0 Å². The van der Waals surface area contributed by atoms with Crippen LogP contribution in [0.15, 0.2) is 42.5 Å². The molecule has 2 nitrogen and oxygen atoms in total. The van der Waals surface area contributed by atoms with E-state index in [-0.39, 0.29) is 5.56 Å². The summed E-state index contributed by atoms with van der Waals surface area (Å²) in [6, 6.07) is 11.8. The van der Waals surface area contributed by atoms with Crippen molar-refractivity contribution in [1.82, 2.24) is 0 Å². The van der Waals surface area contributed by atoms with Gasteiger partial charge in [-0.2, -0.15) is 0 Å². The lowest BCUT2D eigenvalue weighted by atomic mass is 10.1. The lowest BCUT2D eigenvalue weighted by Gasteiger charge is -2.33. The maximum atomic E-state index is 13.7. The summed E-state index contributed by atoms with van der Waals surface area (Å²) in [5.41, 5.74) is 1.33. The molecule has 3 rings (SSSR count). The number of halogens is 3. The Kier molecular flexibility index (Phi) is 4.60. The molecule has 22 heavy (non-hydrogen) atoms. The van der Waals surface area contributed by atoms with Crippen LogP contribution in [0.1, 0.15) is 5.56 Å². The van der Waals surface area contributed by atoms with Crippen molar-refractivity contribution in [3.8, 4) is 0 Å². The largest absolute Gasteiger partial charge is 0.360 e. The zero-order chi connectivity index (χ0) is 15.5. The smallest absolute Gasteiger partial charge is 0.135 e. The van der Waals surface area contributed by atoms with Crippen molar-refractivity contribution in [3.05, 3.63) is 64.7 Å². The van der Waals surface area contributed by atoms with E-state index in [4.69, 9.17) is 11.6 Å². The molecule has 0 bridgehead atoms. The number of nitrogens with one attached hydrogen (secondary N) is 1. The number of piperazine rings is 1. The molecule has 0 aromatic heterocycles. The molecule has 0 atom stereocenters. The van der Waals surface area contributed by atoms with Crippen LogP contribution in [0.5, 0.6) is 0 Å². The molecule has 1 aliphatic rings. The third-order valence-electron chi connectivity index (χ3n) is 4.15. The van der Waals surface area contributed by atoms with Crippen LogP contribution >= 0.6 is 11.6 Å². The quantitative estimate of drug-likeness (QED) is 0.912. The van der Waals surface area contributed by atoms with Crippen molar-refractivity contribution in [1.29, 1.82) is 0 Å². The summed E-state index contributed by atoms with van der Waals surface area (Å²) >= 11 is 5.90. The van der Waals surface area contributed by atoms with Gasteiger partial charge in [-0.15, -0.1) is 0 Å². The maximum absolute atomic E-state index is 13.7. The normalized spacial score (nSPS) is 16.0. The fourth-order valence-electron chi connectivity index (χ4n) is 2.86. The minimum atomic E-state index is -0.451. The van der Waals surface area contributed by atoms with Gasteiger partial charge in [-0.05, 0) is 36.4 Å². The first-order valence-corrected chi connectivity index (χ1v) is 7.78. The average molecular weight is 324 g/mol. The molecule has 116 valence electrons.